The number of amides is 1. The first-order valence-corrected chi connectivity index (χ1v) is 7.42. The fourth-order valence-corrected chi connectivity index (χ4v) is 2.93. The zero-order valence-electron chi connectivity index (χ0n) is 12.5. The van der Waals surface area contributed by atoms with Gasteiger partial charge in [-0.3, -0.25) is 4.79 Å². The normalized spacial score (nSPS) is 22.3. The van der Waals surface area contributed by atoms with Gasteiger partial charge in [-0.2, -0.15) is 18.2 Å². The molecular formula is C14H16F3N5O. The summed E-state index contributed by atoms with van der Waals surface area (Å²) in [6.07, 6.45) is -1.26. The number of fused-ring (bicyclic) bond motifs is 1. The van der Waals surface area contributed by atoms with Crippen LogP contribution in [0.25, 0.3) is 5.78 Å². The lowest BCUT2D eigenvalue weighted by atomic mass is 9.84. The average molecular weight is 327 g/mol. The monoisotopic (exact) mass is 327 g/mol. The maximum absolute atomic E-state index is 13.1. The first-order chi connectivity index (χ1) is 10.9. The Bertz CT molecular complexity index is 727. The molecule has 2 aromatic heterocycles. The molecule has 2 atom stereocenters. The summed E-state index contributed by atoms with van der Waals surface area (Å²) in [5.41, 5.74) is 0.729. The molecule has 0 bridgehead atoms. The molecule has 1 saturated carbocycles. The summed E-state index contributed by atoms with van der Waals surface area (Å²) in [6.45, 7) is 1.77. The topological polar surface area (TPSA) is 72.2 Å². The second-order valence-corrected chi connectivity index (χ2v) is 5.75. The van der Waals surface area contributed by atoms with Gasteiger partial charge in [-0.1, -0.05) is 12.8 Å². The van der Waals surface area contributed by atoms with Crippen LogP contribution in [-0.2, 0) is 0 Å². The van der Waals surface area contributed by atoms with Gasteiger partial charge in [0.1, 0.15) is 0 Å². The molecule has 0 aliphatic heterocycles. The number of nitrogens with one attached hydrogen (secondary N) is 1. The number of carbonyl (C=O) groups is 1. The minimum Gasteiger partial charge on any atom is -0.346 e. The molecule has 1 amide bonds. The number of carbonyl (C=O) groups excluding carboxylic acids is 1. The molecule has 1 aliphatic carbocycles. The number of halogens is 3. The number of alkyl halides is 3. The number of rotatable bonds is 2. The Kier molecular flexibility index (Phi) is 3.95. The van der Waals surface area contributed by atoms with Crippen molar-refractivity contribution in [3.8, 4) is 0 Å². The minimum absolute atomic E-state index is 0.0354. The molecule has 0 aromatic carbocycles. The van der Waals surface area contributed by atoms with Gasteiger partial charge in [0.2, 0.25) is 5.82 Å². The molecular weight excluding hydrogens is 311 g/mol. The van der Waals surface area contributed by atoms with Gasteiger partial charge in [-0.25, -0.2) is 9.50 Å². The van der Waals surface area contributed by atoms with E-state index in [0.29, 0.717) is 19.3 Å². The number of aromatic nitrogens is 4. The van der Waals surface area contributed by atoms with Crippen LogP contribution in [0.15, 0.2) is 12.3 Å². The predicted molar refractivity (Wildman–Crippen MR) is 74.8 cm³/mol. The number of aryl methyl sites for hydroxylation is 1. The Morgan fingerprint density at radius 1 is 1.35 bits per heavy atom. The van der Waals surface area contributed by atoms with Crippen LogP contribution in [0.1, 0.15) is 42.0 Å². The van der Waals surface area contributed by atoms with Crippen LogP contribution in [0.5, 0.6) is 0 Å². The van der Waals surface area contributed by atoms with Crippen molar-refractivity contribution in [1.82, 2.24) is 24.9 Å². The van der Waals surface area contributed by atoms with E-state index >= 15 is 0 Å². The van der Waals surface area contributed by atoms with Crippen LogP contribution < -0.4 is 5.32 Å². The van der Waals surface area contributed by atoms with Gasteiger partial charge in [0.15, 0.2) is 0 Å². The maximum atomic E-state index is 13.1. The van der Waals surface area contributed by atoms with Gasteiger partial charge in [0.05, 0.1) is 5.92 Å². The second-order valence-electron chi connectivity index (χ2n) is 5.75. The minimum atomic E-state index is -4.32. The summed E-state index contributed by atoms with van der Waals surface area (Å²) in [7, 11) is 0. The van der Waals surface area contributed by atoms with Gasteiger partial charge < -0.3 is 5.32 Å². The lowest BCUT2D eigenvalue weighted by Crippen LogP contribution is -2.47. The van der Waals surface area contributed by atoms with Crippen LogP contribution in [0.2, 0.25) is 0 Å². The molecule has 3 rings (SSSR count). The number of nitrogens with zero attached hydrogens (tertiary/aromatic N) is 4. The van der Waals surface area contributed by atoms with Crippen LogP contribution >= 0.6 is 0 Å². The highest BCUT2D eigenvalue weighted by Crippen LogP contribution is 2.37. The Labute approximate surface area is 130 Å². The molecule has 1 aliphatic rings. The zero-order valence-corrected chi connectivity index (χ0v) is 12.5. The van der Waals surface area contributed by atoms with E-state index in [2.05, 4.69) is 20.4 Å². The van der Waals surface area contributed by atoms with Crippen molar-refractivity contribution in [2.75, 3.05) is 0 Å². The third-order valence-corrected chi connectivity index (χ3v) is 4.14. The first kappa shape index (κ1) is 15.7. The molecule has 6 nitrogen and oxygen atoms in total. The van der Waals surface area contributed by atoms with Gasteiger partial charge in [0, 0.05) is 17.9 Å². The molecule has 2 aromatic rings. The third-order valence-electron chi connectivity index (χ3n) is 4.14. The third kappa shape index (κ3) is 3.13. The molecule has 124 valence electrons. The molecule has 1 fully saturated rings. The molecule has 0 unspecified atom stereocenters. The summed E-state index contributed by atoms with van der Waals surface area (Å²) in [4.78, 5) is 20.2. The summed E-state index contributed by atoms with van der Waals surface area (Å²) >= 11 is 0. The Balaban J connectivity index is 1.80. The standard InChI is InChI=1S/C14H16F3N5O/c1-8-6-7-18-13-20-11(21-22(8)13)12(23)19-10-5-3-2-4-9(10)14(15,16)17/h6-7,9-10H,2-5H2,1H3,(H,19,23)/t9-,10+/m1/s1. The molecule has 2 heterocycles. The van der Waals surface area contributed by atoms with Crippen molar-refractivity contribution in [2.24, 2.45) is 5.92 Å². The van der Waals surface area contributed by atoms with Crippen molar-refractivity contribution >= 4 is 11.7 Å². The quantitative estimate of drug-likeness (QED) is 0.918. The van der Waals surface area contributed by atoms with Gasteiger partial charge in [-0.05, 0) is 25.8 Å². The predicted octanol–water partition coefficient (Wildman–Crippen LogP) is 2.28. The smallest absolute Gasteiger partial charge is 0.346 e. The number of hydrogen-bond donors (Lipinski definition) is 1. The summed E-state index contributed by atoms with van der Waals surface area (Å²) in [5, 5.41) is 6.46. The van der Waals surface area contributed by atoms with Crippen molar-refractivity contribution in [3.63, 3.8) is 0 Å². The summed E-state index contributed by atoms with van der Waals surface area (Å²) in [5.74, 6) is -2.14. The highest BCUT2D eigenvalue weighted by molar-refractivity contribution is 5.91. The number of hydrogen-bond acceptors (Lipinski definition) is 4. The Morgan fingerprint density at radius 3 is 2.78 bits per heavy atom. The maximum Gasteiger partial charge on any atom is 0.393 e. The van der Waals surface area contributed by atoms with E-state index in [0.717, 1.165) is 5.69 Å². The fraction of sp³-hybridized carbons (Fsp3) is 0.571. The van der Waals surface area contributed by atoms with E-state index in [1.807, 2.05) is 0 Å². The van der Waals surface area contributed by atoms with Crippen LogP contribution in [0, 0.1) is 12.8 Å². The van der Waals surface area contributed by atoms with E-state index in [-0.39, 0.29) is 18.0 Å². The molecule has 9 heteroatoms. The SMILES string of the molecule is Cc1ccnc2nc(C(=O)N[C@H]3CCCC[C@H]3C(F)(F)F)nn12. The van der Waals surface area contributed by atoms with E-state index in [4.69, 9.17) is 0 Å². The van der Waals surface area contributed by atoms with Gasteiger partial charge in [0.25, 0.3) is 11.7 Å². The molecule has 0 spiro atoms. The van der Waals surface area contributed by atoms with E-state index in [1.54, 1.807) is 13.0 Å². The van der Waals surface area contributed by atoms with Crippen LogP contribution in [0.3, 0.4) is 0 Å². The van der Waals surface area contributed by atoms with E-state index in [1.165, 1.54) is 10.7 Å². The fourth-order valence-electron chi connectivity index (χ4n) is 2.93. The van der Waals surface area contributed by atoms with E-state index in [9.17, 15) is 18.0 Å². The summed E-state index contributed by atoms with van der Waals surface area (Å²) < 4.78 is 40.6. The Hall–Kier alpha value is -2.19. The lowest BCUT2D eigenvalue weighted by molar-refractivity contribution is -0.187. The largest absolute Gasteiger partial charge is 0.393 e. The highest BCUT2D eigenvalue weighted by Gasteiger charge is 2.46. The highest BCUT2D eigenvalue weighted by atomic mass is 19.4. The van der Waals surface area contributed by atoms with E-state index < -0.39 is 24.0 Å². The molecule has 0 saturated heterocycles. The Morgan fingerprint density at radius 2 is 2.09 bits per heavy atom. The first-order valence-electron chi connectivity index (χ1n) is 7.42. The molecule has 23 heavy (non-hydrogen) atoms. The molecule has 1 N–H and O–H groups in total. The zero-order chi connectivity index (χ0) is 16.6. The molecule has 0 radical (unpaired) electrons. The lowest BCUT2D eigenvalue weighted by Gasteiger charge is -2.33. The van der Waals surface area contributed by atoms with Crippen LogP contribution in [0.4, 0.5) is 13.2 Å². The second kappa shape index (κ2) is 5.78. The van der Waals surface area contributed by atoms with Crippen molar-refractivity contribution in [2.45, 2.75) is 44.8 Å². The van der Waals surface area contributed by atoms with Crippen molar-refractivity contribution in [1.29, 1.82) is 0 Å². The van der Waals surface area contributed by atoms with Crippen molar-refractivity contribution < 1.29 is 18.0 Å². The van der Waals surface area contributed by atoms with Crippen LogP contribution in [-0.4, -0.2) is 37.7 Å². The van der Waals surface area contributed by atoms with Gasteiger partial charge >= 0.3 is 6.18 Å². The average Bonchev–Trinajstić information content (AvgIpc) is 2.92. The summed E-state index contributed by atoms with van der Waals surface area (Å²) in [6, 6.07) is 0.765. The van der Waals surface area contributed by atoms with Gasteiger partial charge in [-0.15, -0.1) is 5.10 Å². The van der Waals surface area contributed by atoms with Crippen molar-refractivity contribution in [3.05, 3.63) is 23.8 Å².